The van der Waals surface area contributed by atoms with Crippen molar-refractivity contribution < 1.29 is 23.9 Å². The van der Waals surface area contributed by atoms with Crippen molar-refractivity contribution >= 4 is 23.7 Å². The fourth-order valence-corrected chi connectivity index (χ4v) is 3.84. The quantitative estimate of drug-likeness (QED) is 0.672. The molecule has 1 aliphatic heterocycles. The highest BCUT2D eigenvalue weighted by molar-refractivity contribution is 5.89. The molecule has 0 aromatic carbocycles. The van der Waals surface area contributed by atoms with Crippen molar-refractivity contribution in [3.63, 3.8) is 0 Å². The molecule has 0 aromatic rings. The van der Waals surface area contributed by atoms with Gasteiger partial charge in [-0.15, -0.1) is 0 Å². The van der Waals surface area contributed by atoms with Crippen molar-refractivity contribution in [2.75, 3.05) is 33.8 Å². The lowest BCUT2D eigenvalue weighted by Gasteiger charge is -2.39. The second-order valence-electron chi connectivity index (χ2n) is 7.95. The number of ether oxygens (including phenoxy) is 1. The van der Waals surface area contributed by atoms with Crippen LogP contribution >= 0.6 is 0 Å². The predicted molar refractivity (Wildman–Crippen MR) is 98.4 cm³/mol. The van der Waals surface area contributed by atoms with E-state index in [4.69, 9.17) is 4.74 Å². The molecule has 2 aliphatic rings. The Bertz CT molecular complexity index is 592. The number of likely N-dealkylation sites (tertiary alicyclic amines) is 1. The number of hydrogen-bond acceptors (Lipinski definition) is 5. The molecule has 1 N–H and O–H groups in total. The normalized spacial score (nSPS) is 28.0. The molecule has 4 atom stereocenters. The number of amides is 3. The van der Waals surface area contributed by atoms with Crippen LogP contribution in [0.1, 0.15) is 39.5 Å². The first-order valence-corrected chi connectivity index (χ1v) is 9.63. The maximum absolute atomic E-state index is 12.4. The van der Waals surface area contributed by atoms with Gasteiger partial charge in [-0.25, -0.2) is 0 Å². The molecule has 8 nitrogen and oxygen atoms in total. The van der Waals surface area contributed by atoms with Gasteiger partial charge >= 0.3 is 5.97 Å². The van der Waals surface area contributed by atoms with E-state index in [1.54, 1.807) is 14.1 Å². The Labute approximate surface area is 160 Å². The van der Waals surface area contributed by atoms with Crippen molar-refractivity contribution in [1.29, 1.82) is 0 Å². The molecule has 1 saturated carbocycles. The zero-order chi connectivity index (χ0) is 20.1. The average Bonchev–Trinajstić information content (AvgIpc) is 3.01. The third kappa shape index (κ3) is 5.43. The van der Waals surface area contributed by atoms with E-state index in [9.17, 15) is 19.2 Å². The summed E-state index contributed by atoms with van der Waals surface area (Å²) in [7, 11) is 3.18. The number of carbonyl (C=O) groups is 4. The number of nitrogens with one attached hydrogen (secondary N) is 1. The summed E-state index contributed by atoms with van der Waals surface area (Å²) < 4.78 is 5.06. The molecule has 2 rings (SSSR count). The molecule has 1 heterocycles. The van der Waals surface area contributed by atoms with Crippen molar-refractivity contribution in [3.05, 3.63) is 0 Å². The van der Waals surface area contributed by atoms with Crippen molar-refractivity contribution in [2.45, 2.75) is 45.6 Å². The van der Waals surface area contributed by atoms with Gasteiger partial charge in [0.1, 0.15) is 0 Å². The van der Waals surface area contributed by atoms with Crippen molar-refractivity contribution in [3.8, 4) is 0 Å². The van der Waals surface area contributed by atoms with Crippen LogP contribution in [-0.4, -0.2) is 73.3 Å². The first kappa shape index (κ1) is 21.2. The Morgan fingerprint density at radius 1 is 1.22 bits per heavy atom. The summed E-state index contributed by atoms with van der Waals surface area (Å²) in [5.74, 6) is -0.871. The molecule has 3 amide bonds. The van der Waals surface area contributed by atoms with E-state index in [0.29, 0.717) is 18.4 Å². The van der Waals surface area contributed by atoms with Gasteiger partial charge in [0, 0.05) is 33.1 Å². The molecule has 0 radical (unpaired) electrons. The number of rotatable bonds is 6. The van der Waals surface area contributed by atoms with E-state index in [2.05, 4.69) is 19.2 Å². The van der Waals surface area contributed by atoms with Gasteiger partial charge < -0.3 is 19.9 Å². The zero-order valence-corrected chi connectivity index (χ0v) is 16.7. The van der Waals surface area contributed by atoms with Crippen LogP contribution < -0.4 is 5.32 Å². The number of hydrogen-bond donors (Lipinski definition) is 1. The molecule has 0 spiro atoms. The molecular weight excluding hydrogens is 350 g/mol. The van der Waals surface area contributed by atoms with Crippen LogP contribution in [0.15, 0.2) is 0 Å². The van der Waals surface area contributed by atoms with Gasteiger partial charge in [-0.05, 0) is 18.3 Å². The van der Waals surface area contributed by atoms with Crippen LogP contribution in [-0.2, 0) is 23.9 Å². The Kier molecular flexibility index (Phi) is 7.21. The number of carbonyl (C=O) groups excluding carboxylic acids is 4. The number of likely N-dealkylation sites (N-methyl/N-ethyl adjacent to an activating group) is 1. The molecule has 152 valence electrons. The fourth-order valence-electron chi connectivity index (χ4n) is 3.84. The topological polar surface area (TPSA) is 96.0 Å². The third-order valence-electron chi connectivity index (χ3n) is 5.84. The van der Waals surface area contributed by atoms with Crippen LogP contribution in [0.3, 0.4) is 0 Å². The summed E-state index contributed by atoms with van der Waals surface area (Å²) >= 11 is 0. The highest BCUT2D eigenvalue weighted by Gasteiger charge is 2.42. The minimum absolute atomic E-state index is 0.0102. The fraction of sp³-hybridized carbons (Fsp3) is 0.789. The van der Waals surface area contributed by atoms with Crippen molar-refractivity contribution in [2.24, 2.45) is 17.8 Å². The van der Waals surface area contributed by atoms with Crippen molar-refractivity contribution in [1.82, 2.24) is 15.1 Å². The zero-order valence-electron chi connectivity index (χ0n) is 16.7. The molecule has 0 aromatic heterocycles. The van der Waals surface area contributed by atoms with E-state index in [1.165, 1.54) is 11.3 Å². The third-order valence-corrected chi connectivity index (χ3v) is 5.84. The first-order valence-electron chi connectivity index (χ1n) is 9.63. The summed E-state index contributed by atoms with van der Waals surface area (Å²) in [6, 6.07) is 0.180. The van der Waals surface area contributed by atoms with Crippen LogP contribution in [0, 0.1) is 17.8 Å². The largest absolute Gasteiger partial charge is 0.455 e. The van der Waals surface area contributed by atoms with E-state index in [-0.39, 0.29) is 30.8 Å². The summed E-state index contributed by atoms with van der Waals surface area (Å²) in [6.45, 7) is 4.16. The van der Waals surface area contributed by atoms with Gasteiger partial charge in [-0.3, -0.25) is 19.2 Å². The highest BCUT2D eigenvalue weighted by atomic mass is 16.5. The Morgan fingerprint density at radius 2 is 1.93 bits per heavy atom. The summed E-state index contributed by atoms with van der Waals surface area (Å²) in [6.07, 6.45) is 3.38. The molecule has 2 fully saturated rings. The van der Waals surface area contributed by atoms with Gasteiger partial charge in [0.15, 0.2) is 6.61 Å². The summed E-state index contributed by atoms with van der Waals surface area (Å²) in [5.41, 5.74) is 0. The molecule has 27 heavy (non-hydrogen) atoms. The second kappa shape index (κ2) is 9.19. The standard InChI is InChI=1S/C19H31N3O5/c1-12-6-5-7-15(13(12)2)22-10-14(8-17(22)24)19(26)27-11-16(23)20-9-18(25)21(3)4/h12-15H,5-11H2,1-4H3,(H,20,23)/t12-,13-,14-,15-/m1/s1. The molecular formula is C19H31N3O5. The SMILES string of the molecule is C[C@@H]1[C@H](C)CCC[C@H]1N1C[C@H](C(=O)OCC(=O)NCC(=O)N(C)C)CC1=O. The van der Waals surface area contributed by atoms with Gasteiger partial charge in [0.25, 0.3) is 5.91 Å². The molecule has 8 heteroatoms. The molecule has 1 aliphatic carbocycles. The Morgan fingerprint density at radius 3 is 2.59 bits per heavy atom. The van der Waals surface area contributed by atoms with E-state index in [1.807, 2.05) is 4.90 Å². The van der Waals surface area contributed by atoms with E-state index < -0.39 is 24.4 Å². The maximum atomic E-state index is 12.4. The van der Waals surface area contributed by atoms with Gasteiger partial charge in [0.2, 0.25) is 11.8 Å². The highest BCUT2D eigenvalue weighted by Crippen LogP contribution is 2.35. The lowest BCUT2D eigenvalue weighted by molar-refractivity contribution is -0.152. The smallest absolute Gasteiger partial charge is 0.311 e. The minimum Gasteiger partial charge on any atom is -0.455 e. The van der Waals surface area contributed by atoms with Gasteiger partial charge in [-0.2, -0.15) is 0 Å². The lowest BCUT2D eigenvalue weighted by Crippen LogP contribution is -2.45. The Balaban J connectivity index is 1.80. The minimum atomic E-state index is -0.533. The molecule has 1 saturated heterocycles. The summed E-state index contributed by atoms with van der Waals surface area (Å²) in [5, 5.41) is 2.40. The second-order valence-corrected chi connectivity index (χ2v) is 7.95. The average molecular weight is 381 g/mol. The summed E-state index contributed by atoms with van der Waals surface area (Å²) in [4.78, 5) is 51.0. The number of esters is 1. The predicted octanol–water partition coefficient (Wildman–Crippen LogP) is 0.407. The monoisotopic (exact) mass is 381 g/mol. The lowest BCUT2D eigenvalue weighted by atomic mass is 9.77. The number of nitrogens with zero attached hydrogens (tertiary/aromatic N) is 2. The van der Waals surface area contributed by atoms with Crippen LogP contribution in [0.2, 0.25) is 0 Å². The van der Waals surface area contributed by atoms with Gasteiger partial charge in [0.05, 0.1) is 12.5 Å². The van der Waals surface area contributed by atoms with Crippen LogP contribution in [0.25, 0.3) is 0 Å². The maximum Gasteiger partial charge on any atom is 0.311 e. The molecule has 0 bridgehead atoms. The molecule has 0 unspecified atom stereocenters. The first-order chi connectivity index (χ1) is 12.7. The van der Waals surface area contributed by atoms with Crippen LogP contribution in [0.5, 0.6) is 0 Å². The van der Waals surface area contributed by atoms with E-state index >= 15 is 0 Å². The van der Waals surface area contributed by atoms with Gasteiger partial charge in [-0.1, -0.05) is 26.7 Å². The van der Waals surface area contributed by atoms with Crippen LogP contribution in [0.4, 0.5) is 0 Å². The Hall–Kier alpha value is -2.12. The van der Waals surface area contributed by atoms with E-state index in [0.717, 1.165) is 12.8 Å².